The van der Waals surface area contributed by atoms with Crippen molar-refractivity contribution in [2.75, 3.05) is 18.6 Å². The molecule has 2 aromatic carbocycles. The van der Waals surface area contributed by atoms with Crippen molar-refractivity contribution in [3.05, 3.63) is 65.0 Å². The number of methoxy groups -OCH3 is 1. The molecule has 0 saturated carbocycles. The lowest BCUT2D eigenvalue weighted by Gasteiger charge is -2.33. The molecule has 33 heavy (non-hydrogen) atoms. The minimum atomic E-state index is -2.66. The number of carbonyl (C=O) groups excluding carboxylic acids is 1. The first kappa shape index (κ1) is 22.5. The third-order valence-electron chi connectivity index (χ3n) is 5.98. The van der Waals surface area contributed by atoms with Gasteiger partial charge in [-0.2, -0.15) is 10.4 Å². The van der Waals surface area contributed by atoms with Gasteiger partial charge in [-0.25, -0.2) is 8.78 Å². The van der Waals surface area contributed by atoms with Crippen LogP contribution in [0.15, 0.2) is 42.7 Å². The monoisotopic (exact) mass is 450 g/mol. The van der Waals surface area contributed by atoms with E-state index in [2.05, 4.69) is 11.2 Å². The van der Waals surface area contributed by atoms with Gasteiger partial charge in [-0.3, -0.25) is 9.48 Å². The summed E-state index contributed by atoms with van der Waals surface area (Å²) in [4.78, 5) is 13.5. The largest absolute Gasteiger partial charge is 0.469 e. The van der Waals surface area contributed by atoms with Crippen LogP contribution in [0.25, 0.3) is 11.1 Å². The summed E-state index contributed by atoms with van der Waals surface area (Å²) >= 11 is 0. The van der Waals surface area contributed by atoms with Gasteiger partial charge in [0.15, 0.2) is 0 Å². The van der Waals surface area contributed by atoms with Crippen molar-refractivity contribution >= 4 is 17.3 Å². The van der Waals surface area contributed by atoms with Crippen molar-refractivity contribution in [1.29, 1.82) is 5.26 Å². The molecule has 2 heterocycles. The SMILES string of the molecule is COC(=O)CCc1cccc(N2CCCc3cc(-c4cnn(C)c4)c(C(F)F)cc32)c1C#N. The number of esters is 1. The quantitative estimate of drug-likeness (QED) is 0.490. The summed E-state index contributed by atoms with van der Waals surface area (Å²) in [5.74, 6) is -0.350. The Morgan fingerprint density at radius 1 is 1.30 bits per heavy atom. The Bertz CT molecular complexity index is 1230. The van der Waals surface area contributed by atoms with Gasteiger partial charge in [-0.15, -0.1) is 0 Å². The molecule has 6 nitrogen and oxygen atoms in total. The average molecular weight is 450 g/mol. The summed E-state index contributed by atoms with van der Waals surface area (Å²) in [6.45, 7) is 0.608. The minimum Gasteiger partial charge on any atom is -0.469 e. The number of aryl methyl sites for hydroxylation is 3. The number of hydrogen-bond acceptors (Lipinski definition) is 5. The van der Waals surface area contributed by atoms with Crippen molar-refractivity contribution in [2.24, 2.45) is 7.05 Å². The zero-order valence-electron chi connectivity index (χ0n) is 18.5. The van der Waals surface area contributed by atoms with E-state index in [4.69, 9.17) is 4.74 Å². The lowest BCUT2D eigenvalue weighted by atomic mass is 9.92. The summed E-state index contributed by atoms with van der Waals surface area (Å²) in [6.07, 6.45) is 2.77. The summed E-state index contributed by atoms with van der Waals surface area (Å²) in [6, 6.07) is 11.1. The van der Waals surface area contributed by atoms with E-state index in [1.54, 1.807) is 30.2 Å². The van der Waals surface area contributed by atoms with E-state index < -0.39 is 6.43 Å². The van der Waals surface area contributed by atoms with Gasteiger partial charge >= 0.3 is 5.97 Å². The molecule has 1 aromatic heterocycles. The van der Waals surface area contributed by atoms with Crippen LogP contribution in [-0.2, 0) is 29.4 Å². The number of hydrogen-bond donors (Lipinski definition) is 0. The second-order valence-electron chi connectivity index (χ2n) is 8.03. The molecule has 0 radical (unpaired) electrons. The van der Waals surface area contributed by atoms with Crippen LogP contribution in [0.4, 0.5) is 20.2 Å². The smallest absolute Gasteiger partial charge is 0.305 e. The van der Waals surface area contributed by atoms with Crippen LogP contribution in [-0.4, -0.2) is 29.4 Å². The third kappa shape index (κ3) is 4.44. The van der Waals surface area contributed by atoms with Crippen LogP contribution in [0.3, 0.4) is 0 Å². The van der Waals surface area contributed by atoms with Crippen LogP contribution >= 0.6 is 0 Å². The highest BCUT2D eigenvalue weighted by Crippen LogP contribution is 2.42. The highest BCUT2D eigenvalue weighted by Gasteiger charge is 2.26. The Kier molecular flexibility index (Phi) is 6.40. The molecule has 3 aromatic rings. The van der Waals surface area contributed by atoms with Gasteiger partial charge in [0.1, 0.15) is 6.07 Å². The number of halogens is 2. The third-order valence-corrected chi connectivity index (χ3v) is 5.98. The molecule has 0 unspecified atom stereocenters. The zero-order chi connectivity index (χ0) is 23.5. The number of anilines is 2. The Morgan fingerprint density at radius 3 is 2.79 bits per heavy atom. The van der Waals surface area contributed by atoms with Gasteiger partial charge in [-0.1, -0.05) is 12.1 Å². The van der Waals surface area contributed by atoms with E-state index in [1.165, 1.54) is 7.11 Å². The highest BCUT2D eigenvalue weighted by molar-refractivity contribution is 5.79. The van der Waals surface area contributed by atoms with E-state index >= 15 is 0 Å². The van der Waals surface area contributed by atoms with Crippen LogP contribution < -0.4 is 4.90 Å². The molecule has 0 fully saturated rings. The number of aromatic nitrogens is 2. The molecule has 1 aliphatic heterocycles. The molecular formula is C25H24F2N4O2. The van der Waals surface area contributed by atoms with Crippen molar-refractivity contribution in [3.63, 3.8) is 0 Å². The normalized spacial score (nSPS) is 13.0. The second-order valence-corrected chi connectivity index (χ2v) is 8.03. The second kappa shape index (κ2) is 9.41. The maximum atomic E-state index is 14.1. The molecule has 0 atom stereocenters. The first-order valence-electron chi connectivity index (χ1n) is 10.7. The fourth-order valence-corrected chi connectivity index (χ4v) is 4.38. The Morgan fingerprint density at radius 2 is 2.12 bits per heavy atom. The van der Waals surface area contributed by atoms with E-state index in [0.29, 0.717) is 41.0 Å². The summed E-state index contributed by atoms with van der Waals surface area (Å²) in [7, 11) is 3.08. The van der Waals surface area contributed by atoms with Crippen molar-refractivity contribution in [3.8, 4) is 17.2 Å². The molecule has 8 heteroatoms. The molecule has 0 amide bonds. The van der Waals surface area contributed by atoms with E-state index in [0.717, 1.165) is 24.0 Å². The number of fused-ring (bicyclic) bond motifs is 1. The maximum absolute atomic E-state index is 14.1. The topological polar surface area (TPSA) is 71.2 Å². The number of benzene rings is 2. The molecule has 0 saturated heterocycles. The van der Waals surface area contributed by atoms with Gasteiger partial charge in [0.2, 0.25) is 0 Å². The number of rotatable bonds is 6. The maximum Gasteiger partial charge on any atom is 0.305 e. The van der Waals surface area contributed by atoms with Gasteiger partial charge in [-0.05, 0) is 54.2 Å². The number of ether oxygens (including phenoxy) is 1. The Hall–Kier alpha value is -3.73. The van der Waals surface area contributed by atoms with Crippen molar-refractivity contribution in [1.82, 2.24) is 9.78 Å². The standard InChI is InChI=1S/C25H24F2N4O2/c1-30-15-18(14-29-30)19-11-17-6-4-10-31(23(17)12-20(19)25(26)27)22-7-3-5-16(21(22)13-28)8-9-24(32)33-2/h3,5,7,11-12,14-15,25H,4,6,8-10H2,1-2H3. The van der Waals surface area contributed by atoms with Crippen molar-refractivity contribution < 1.29 is 18.3 Å². The average Bonchev–Trinajstić information content (AvgIpc) is 3.26. The van der Waals surface area contributed by atoms with E-state index in [-0.39, 0.29) is 18.0 Å². The summed E-state index contributed by atoms with van der Waals surface area (Å²) < 4.78 is 34.5. The predicted octanol–water partition coefficient (Wildman–Crippen LogP) is 5.09. The van der Waals surface area contributed by atoms with E-state index in [1.807, 2.05) is 29.2 Å². The molecule has 0 spiro atoms. The van der Waals surface area contributed by atoms with Crippen LogP contribution in [0.1, 0.15) is 41.5 Å². The van der Waals surface area contributed by atoms with Gasteiger partial charge in [0, 0.05) is 43.0 Å². The Labute approximate surface area is 191 Å². The first-order chi connectivity index (χ1) is 15.9. The fourth-order valence-electron chi connectivity index (χ4n) is 4.38. The molecule has 1 aliphatic rings. The molecule has 170 valence electrons. The van der Waals surface area contributed by atoms with Crippen LogP contribution in [0, 0.1) is 11.3 Å². The van der Waals surface area contributed by atoms with Crippen LogP contribution in [0.2, 0.25) is 0 Å². The van der Waals surface area contributed by atoms with Gasteiger partial charge < -0.3 is 9.64 Å². The van der Waals surface area contributed by atoms with Crippen LogP contribution in [0.5, 0.6) is 0 Å². The summed E-state index contributed by atoms with van der Waals surface area (Å²) in [5.41, 5.74) is 4.54. The van der Waals surface area contributed by atoms with Crippen molar-refractivity contribution in [2.45, 2.75) is 32.1 Å². The zero-order valence-corrected chi connectivity index (χ0v) is 18.5. The number of alkyl halides is 2. The van der Waals surface area contributed by atoms with Gasteiger partial charge in [0.25, 0.3) is 6.43 Å². The lowest BCUT2D eigenvalue weighted by Crippen LogP contribution is -2.26. The molecule has 0 aliphatic carbocycles. The molecule has 0 N–H and O–H groups in total. The predicted molar refractivity (Wildman–Crippen MR) is 120 cm³/mol. The minimum absolute atomic E-state index is 0.0611. The number of nitrogens with zero attached hydrogens (tertiary/aromatic N) is 4. The molecule has 4 rings (SSSR count). The molecule has 0 bridgehead atoms. The number of nitriles is 1. The lowest BCUT2D eigenvalue weighted by molar-refractivity contribution is -0.140. The van der Waals surface area contributed by atoms with Gasteiger partial charge in [0.05, 0.1) is 24.6 Å². The fraction of sp³-hybridized carbons (Fsp3) is 0.320. The highest BCUT2D eigenvalue weighted by atomic mass is 19.3. The Balaban J connectivity index is 1.79. The molecular weight excluding hydrogens is 426 g/mol. The summed E-state index contributed by atoms with van der Waals surface area (Å²) in [5, 5.41) is 14.0. The van der Waals surface area contributed by atoms with E-state index in [9.17, 15) is 18.8 Å². The first-order valence-corrected chi connectivity index (χ1v) is 10.7. The number of carbonyl (C=O) groups is 1.